The van der Waals surface area contributed by atoms with Crippen LogP contribution in [0.3, 0.4) is 0 Å². The lowest BCUT2D eigenvalue weighted by molar-refractivity contribution is 0.0452. The summed E-state index contributed by atoms with van der Waals surface area (Å²) in [7, 11) is 0. The predicted octanol–water partition coefficient (Wildman–Crippen LogP) is 3.25. The van der Waals surface area contributed by atoms with Gasteiger partial charge in [-0.1, -0.05) is 37.3 Å². The molecule has 0 amide bonds. The van der Waals surface area contributed by atoms with E-state index in [1.165, 1.54) is 0 Å². The number of carbonyl (C=O) groups is 1. The second kappa shape index (κ2) is 7.01. The highest BCUT2D eigenvalue weighted by molar-refractivity contribution is 5.99. The van der Waals surface area contributed by atoms with Crippen molar-refractivity contribution in [3.63, 3.8) is 0 Å². The van der Waals surface area contributed by atoms with E-state index in [2.05, 4.69) is 12.0 Å². The summed E-state index contributed by atoms with van der Waals surface area (Å²) >= 11 is 0. The zero-order valence-electron chi connectivity index (χ0n) is 12.0. The fourth-order valence-electron chi connectivity index (χ4n) is 2.11. The first-order valence-corrected chi connectivity index (χ1v) is 6.99. The van der Waals surface area contributed by atoms with Crippen molar-refractivity contribution in [2.24, 2.45) is 0 Å². The van der Waals surface area contributed by atoms with Crippen molar-refractivity contribution in [1.82, 2.24) is 9.78 Å². The lowest BCUT2D eigenvalue weighted by Gasteiger charge is -2.15. The van der Waals surface area contributed by atoms with Crippen LogP contribution < -0.4 is 0 Å². The Kier molecular flexibility index (Phi) is 5.07. The monoisotopic (exact) mass is 272 g/mol. The van der Waals surface area contributed by atoms with Gasteiger partial charge >= 0.3 is 0 Å². The van der Waals surface area contributed by atoms with E-state index in [1.807, 2.05) is 37.3 Å². The van der Waals surface area contributed by atoms with Gasteiger partial charge in [-0.15, -0.1) is 0 Å². The molecule has 20 heavy (non-hydrogen) atoms. The number of ether oxygens (including phenoxy) is 1. The highest BCUT2D eigenvalue weighted by Gasteiger charge is 2.23. The minimum atomic E-state index is -0.555. The molecule has 2 rings (SSSR count). The van der Waals surface area contributed by atoms with Crippen LogP contribution in [0.2, 0.25) is 0 Å². The normalized spacial score (nSPS) is 12.3. The van der Waals surface area contributed by atoms with Crippen molar-refractivity contribution in [3.8, 4) is 0 Å². The number of aromatic nitrogens is 2. The zero-order valence-corrected chi connectivity index (χ0v) is 12.0. The van der Waals surface area contributed by atoms with Gasteiger partial charge in [0.05, 0.1) is 11.8 Å². The third-order valence-electron chi connectivity index (χ3n) is 3.04. The Balaban J connectivity index is 2.22. The van der Waals surface area contributed by atoms with Gasteiger partial charge in [0.2, 0.25) is 0 Å². The van der Waals surface area contributed by atoms with E-state index in [-0.39, 0.29) is 5.78 Å². The maximum absolute atomic E-state index is 12.6. The molecule has 1 unspecified atom stereocenters. The van der Waals surface area contributed by atoms with Gasteiger partial charge in [-0.05, 0) is 18.9 Å². The topological polar surface area (TPSA) is 44.1 Å². The van der Waals surface area contributed by atoms with Crippen LogP contribution in [0.1, 0.15) is 42.3 Å². The molecule has 106 valence electrons. The summed E-state index contributed by atoms with van der Waals surface area (Å²) in [6.45, 7) is 5.28. The van der Waals surface area contributed by atoms with Crippen molar-refractivity contribution >= 4 is 5.78 Å². The van der Waals surface area contributed by atoms with Crippen molar-refractivity contribution < 1.29 is 9.53 Å². The Hall–Kier alpha value is -1.94. The first kappa shape index (κ1) is 14.5. The lowest BCUT2D eigenvalue weighted by Crippen LogP contribution is -2.16. The fraction of sp³-hybridized carbons (Fsp3) is 0.375. The van der Waals surface area contributed by atoms with Crippen LogP contribution in [0.15, 0.2) is 42.7 Å². The quantitative estimate of drug-likeness (QED) is 0.727. The number of hydrogen-bond donors (Lipinski definition) is 0. The maximum Gasteiger partial charge on any atom is 0.199 e. The molecule has 0 aliphatic rings. The minimum absolute atomic E-state index is 0.0413. The summed E-state index contributed by atoms with van der Waals surface area (Å²) in [6, 6.07) is 9.57. The first-order chi connectivity index (χ1) is 9.76. The SMILES string of the molecule is CCCn1cc(C(=O)C(OCC)c2ccccc2)cn1. The van der Waals surface area contributed by atoms with Crippen molar-refractivity contribution in [3.05, 3.63) is 53.9 Å². The molecule has 4 nitrogen and oxygen atoms in total. The van der Waals surface area contributed by atoms with Crippen molar-refractivity contribution in [2.75, 3.05) is 6.61 Å². The van der Waals surface area contributed by atoms with Crippen LogP contribution in [0.4, 0.5) is 0 Å². The third kappa shape index (κ3) is 3.33. The van der Waals surface area contributed by atoms with Crippen molar-refractivity contribution in [2.45, 2.75) is 32.9 Å². The van der Waals surface area contributed by atoms with E-state index in [1.54, 1.807) is 17.1 Å². The van der Waals surface area contributed by atoms with E-state index >= 15 is 0 Å². The fourth-order valence-corrected chi connectivity index (χ4v) is 2.11. The van der Waals surface area contributed by atoms with Gasteiger partial charge in [-0.25, -0.2) is 0 Å². The van der Waals surface area contributed by atoms with Gasteiger partial charge < -0.3 is 4.74 Å². The molecule has 0 saturated heterocycles. The van der Waals surface area contributed by atoms with Crippen LogP contribution in [0.5, 0.6) is 0 Å². The predicted molar refractivity (Wildman–Crippen MR) is 77.7 cm³/mol. The molecule has 4 heteroatoms. The molecular weight excluding hydrogens is 252 g/mol. The third-order valence-corrected chi connectivity index (χ3v) is 3.04. The molecule has 1 aromatic heterocycles. The second-order valence-corrected chi connectivity index (χ2v) is 4.60. The van der Waals surface area contributed by atoms with E-state index < -0.39 is 6.10 Å². The number of ketones is 1. The minimum Gasteiger partial charge on any atom is -0.366 e. The van der Waals surface area contributed by atoms with Crippen LogP contribution in [-0.4, -0.2) is 22.2 Å². The highest BCUT2D eigenvalue weighted by Crippen LogP contribution is 2.22. The van der Waals surface area contributed by atoms with Gasteiger partial charge in [0.25, 0.3) is 0 Å². The molecule has 0 saturated carbocycles. The summed E-state index contributed by atoms with van der Waals surface area (Å²) in [6.07, 6.45) is 3.84. The van der Waals surface area contributed by atoms with Gasteiger partial charge in [0.1, 0.15) is 6.10 Å². The molecule has 2 aromatic rings. The summed E-state index contributed by atoms with van der Waals surface area (Å²) in [5.74, 6) is -0.0413. The number of nitrogens with zero attached hydrogens (tertiary/aromatic N) is 2. The standard InChI is InChI=1S/C16H20N2O2/c1-3-10-18-12-14(11-17-18)15(19)16(20-4-2)13-8-6-5-7-9-13/h5-9,11-12,16H,3-4,10H2,1-2H3. The Morgan fingerprint density at radius 2 is 2.05 bits per heavy atom. The van der Waals surface area contributed by atoms with Crippen molar-refractivity contribution in [1.29, 1.82) is 0 Å². The van der Waals surface area contributed by atoms with Gasteiger partial charge in [0.15, 0.2) is 5.78 Å². The largest absolute Gasteiger partial charge is 0.366 e. The zero-order chi connectivity index (χ0) is 14.4. The Bertz CT molecular complexity index is 549. The van der Waals surface area contributed by atoms with Gasteiger partial charge in [-0.3, -0.25) is 9.48 Å². The maximum atomic E-state index is 12.6. The smallest absolute Gasteiger partial charge is 0.199 e. The second-order valence-electron chi connectivity index (χ2n) is 4.60. The molecule has 0 bridgehead atoms. The van der Waals surface area contributed by atoms with Crippen LogP contribution in [0.25, 0.3) is 0 Å². The van der Waals surface area contributed by atoms with E-state index in [0.29, 0.717) is 12.2 Å². The number of benzene rings is 1. The summed E-state index contributed by atoms with van der Waals surface area (Å²) < 4.78 is 7.42. The molecule has 1 heterocycles. The molecule has 0 N–H and O–H groups in total. The molecule has 0 fully saturated rings. The van der Waals surface area contributed by atoms with Gasteiger partial charge in [-0.2, -0.15) is 5.10 Å². The van der Waals surface area contributed by atoms with Crippen LogP contribution in [-0.2, 0) is 11.3 Å². The Morgan fingerprint density at radius 1 is 1.30 bits per heavy atom. The van der Waals surface area contributed by atoms with Crippen LogP contribution >= 0.6 is 0 Å². The molecule has 0 aliphatic carbocycles. The number of rotatable bonds is 7. The Morgan fingerprint density at radius 3 is 2.70 bits per heavy atom. The lowest BCUT2D eigenvalue weighted by atomic mass is 10.0. The average molecular weight is 272 g/mol. The van der Waals surface area contributed by atoms with E-state index in [0.717, 1.165) is 18.5 Å². The molecule has 0 spiro atoms. The molecule has 0 radical (unpaired) electrons. The van der Waals surface area contributed by atoms with Gasteiger partial charge in [0, 0.05) is 19.3 Å². The number of hydrogen-bond acceptors (Lipinski definition) is 3. The first-order valence-electron chi connectivity index (χ1n) is 6.99. The summed E-state index contributed by atoms with van der Waals surface area (Å²) in [5, 5.41) is 4.20. The molecule has 1 atom stereocenters. The summed E-state index contributed by atoms with van der Waals surface area (Å²) in [5.41, 5.74) is 1.48. The molecule has 0 aliphatic heterocycles. The highest BCUT2D eigenvalue weighted by atomic mass is 16.5. The number of Topliss-reactive ketones (excluding diaryl/α,β-unsaturated/α-hetero) is 1. The Labute approximate surface area is 119 Å². The number of carbonyl (C=O) groups excluding carboxylic acids is 1. The molecule has 1 aromatic carbocycles. The average Bonchev–Trinajstić information content (AvgIpc) is 2.94. The number of aryl methyl sites for hydroxylation is 1. The van der Waals surface area contributed by atoms with E-state index in [9.17, 15) is 4.79 Å². The molecular formula is C16H20N2O2. The van der Waals surface area contributed by atoms with Crippen LogP contribution in [0, 0.1) is 0 Å². The summed E-state index contributed by atoms with van der Waals surface area (Å²) in [4.78, 5) is 12.6. The van der Waals surface area contributed by atoms with E-state index in [4.69, 9.17) is 4.74 Å².